The number of nitrogens with one attached hydrogen (secondary N) is 1. The molecule has 1 N–H and O–H groups in total. The summed E-state index contributed by atoms with van der Waals surface area (Å²) in [4.78, 5) is 12.5. The van der Waals surface area contributed by atoms with Gasteiger partial charge in [0.05, 0.1) is 16.8 Å². The summed E-state index contributed by atoms with van der Waals surface area (Å²) in [6, 6.07) is 6.85. The molecule has 0 bridgehead atoms. The topological polar surface area (TPSA) is 59.8 Å². The van der Waals surface area contributed by atoms with Crippen molar-refractivity contribution in [3.05, 3.63) is 57.9 Å². The van der Waals surface area contributed by atoms with E-state index in [1.165, 1.54) is 34.1 Å². The van der Waals surface area contributed by atoms with Gasteiger partial charge < -0.3 is 4.57 Å². The largest absolute Gasteiger partial charge is 0.418 e. The third-order valence-corrected chi connectivity index (χ3v) is 4.63. The SMILES string of the molecule is Cc1nnc(NC(=O)c2cc(C)n(-c3ccccc3C(F)(F)F)c2C)s1. The van der Waals surface area contributed by atoms with Gasteiger partial charge in [-0.3, -0.25) is 10.1 Å². The number of alkyl halides is 3. The van der Waals surface area contributed by atoms with Crippen molar-refractivity contribution in [2.75, 3.05) is 5.32 Å². The molecular formula is C17H15F3N4OS. The summed E-state index contributed by atoms with van der Waals surface area (Å²) in [5.74, 6) is -0.440. The van der Waals surface area contributed by atoms with E-state index in [0.29, 0.717) is 21.5 Å². The maximum Gasteiger partial charge on any atom is 0.418 e. The lowest BCUT2D eigenvalue weighted by molar-refractivity contribution is -0.137. The van der Waals surface area contributed by atoms with Gasteiger partial charge in [-0.1, -0.05) is 23.5 Å². The van der Waals surface area contributed by atoms with Gasteiger partial charge in [0.25, 0.3) is 5.91 Å². The minimum Gasteiger partial charge on any atom is -0.317 e. The standard InChI is InChI=1S/C17H15F3N4OS/c1-9-8-12(15(25)21-16-23-22-11(3)26-16)10(2)24(9)14-7-5-4-6-13(14)17(18,19)20/h4-8H,1-3H3,(H,21,23,25). The van der Waals surface area contributed by atoms with Gasteiger partial charge in [0.2, 0.25) is 5.13 Å². The first-order chi connectivity index (χ1) is 12.2. The van der Waals surface area contributed by atoms with E-state index in [1.807, 2.05) is 0 Å². The minimum absolute atomic E-state index is 0.0131. The molecule has 0 spiro atoms. The highest BCUT2D eigenvalue weighted by Gasteiger charge is 2.34. The second-order valence-electron chi connectivity index (χ2n) is 5.72. The first-order valence-corrected chi connectivity index (χ1v) is 8.47. The molecule has 0 radical (unpaired) electrons. The van der Waals surface area contributed by atoms with Crippen LogP contribution < -0.4 is 5.32 Å². The molecule has 2 heterocycles. The molecule has 0 aliphatic carbocycles. The van der Waals surface area contributed by atoms with Crippen LogP contribution in [0.25, 0.3) is 5.69 Å². The zero-order valence-corrected chi connectivity index (χ0v) is 15.0. The molecule has 0 saturated heterocycles. The molecule has 0 atom stereocenters. The fourth-order valence-electron chi connectivity index (χ4n) is 2.78. The average molecular weight is 380 g/mol. The molecule has 3 rings (SSSR count). The van der Waals surface area contributed by atoms with E-state index in [9.17, 15) is 18.0 Å². The second kappa shape index (κ2) is 6.56. The van der Waals surface area contributed by atoms with Gasteiger partial charge in [-0.05, 0) is 39.0 Å². The molecule has 9 heteroatoms. The van der Waals surface area contributed by atoms with E-state index in [4.69, 9.17) is 0 Å². The zero-order valence-electron chi connectivity index (χ0n) is 14.2. The van der Waals surface area contributed by atoms with Gasteiger partial charge in [-0.25, -0.2) is 0 Å². The number of hydrogen-bond acceptors (Lipinski definition) is 4. The maximum absolute atomic E-state index is 13.3. The van der Waals surface area contributed by atoms with Gasteiger partial charge >= 0.3 is 6.18 Å². The molecule has 1 amide bonds. The van der Waals surface area contributed by atoms with Crippen LogP contribution in [0.5, 0.6) is 0 Å². The Morgan fingerprint density at radius 3 is 2.46 bits per heavy atom. The van der Waals surface area contributed by atoms with Crippen LogP contribution in [0.15, 0.2) is 30.3 Å². The number of amides is 1. The fourth-order valence-corrected chi connectivity index (χ4v) is 3.37. The Balaban J connectivity index is 2.03. The summed E-state index contributed by atoms with van der Waals surface area (Å²) < 4.78 is 41.5. The summed E-state index contributed by atoms with van der Waals surface area (Å²) in [6.45, 7) is 5.03. The molecule has 26 heavy (non-hydrogen) atoms. The van der Waals surface area contributed by atoms with Crippen molar-refractivity contribution in [3.63, 3.8) is 0 Å². The lowest BCUT2D eigenvalue weighted by Gasteiger charge is -2.16. The minimum atomic E-state index is -4.49. The van der Waals surface area contributed by atoms with Crippen molar-refractivity contribution in [1.29, 1.82) is 0 Å². The number of benzene rings is 1. The van der Waals surface area contributed by atoms with E-state index in [-0.39, 0.29) is 11.3 Å². The Hall–Kier alpha value is -2.68. The van der Waals surface area contributed by atoms with Gasteiger partial charge in [-0.2, -0.15) is 13.2 Å². The zero-order chi connectivity index (χ0) is 19.1. The van der Waals surface area contributed by atoms with Crippen molar-refractivity contribution in [2.45, 2.75) is 26.9 Å². The number of aromatic nitrogens is 3. The molecule has 1 aromatic carbocycles. The molecule has 0 saturated carbocycles. The van der Waals surface area contributed by atoms with Crippen LogP contribution in [0, 0.1) is 20.8 Å². The number of hydrogen-bond donors (Lipinski definition) is 1. The third-order valence-electron chi connectivity index (χ3n) is 3.87. The van der Waals surface area contributed by atoms with Gasteiger partial charge in [0, 0.05) is 11.4 Å². The Labute approximate surface area is 151 Å². The number of carbonyl (C=O) groups excluding carboxylic acids is 1. The molecule has 0 fully saturated rings. The predicted octanol–water partition coefficient (Wildman–Crippen LogP) is 4.53. The third kappa shape index (κ3) is 3.34. The van der Waals surface area contributed by atoms with Crippen molar-refractivity contribution in [2.24, 2.45) is 0 Å². The molecule has 5 nitrogen and oxygen atoms in total. The Kier molecular flexibility index (Phi) is 4.57. The van der Waals surface area contributed by atoms with E-state index in [2.05, 4.69) is 15.5 Å². The summed E-state index contributed by atoms with van der Waals surface area (Å²) in [5, 5.41) is 11.3. The molecular weight excluding hydrogens is 365 g/mol. The highest BCUT2D eigenvalue weighted by atomic mass is 32.1. The van der Waals surface area contributed by atoms with Crippen molar-refractivity contribution < 1.29 is 18.0 Å². The highest BCUT2D eigenvalue weighted by Crippen LogP contribution is 2.35. The molecule has 136 valence electrons. The molecule has 0 aliphatic heterocycles. The van der Waals surface area contributed by atoms with Crippen LogP contribution in [0.2, 0.25) is 0 Å². The van der Waals surface area contributed by atoms with Crippen LogP contribution in [0.1, 0.15) is 32.3 Å². The summed E-state index contributed by atoms with van der Waals surface area (Å²) in [6.07, 6.45) is -4.49. The lowest BCUT2D eigenvalue weighted by Crippen LogP contribution is -2.14. The molecule has 2 aromatic heterocycles. The summed E-state index contributed by atoms with van der Waals surface area (Å²) in [7, 11) is 0. The lowest BCUT2D eigenvalue weighted by atomic mass is 10.1. The Bertz CT molecular complexity index is 975. The number of aryl methyl sites for hydroxylation is 2. The number of anilines is 1. The summed E-state index contributed by atoms with van der Waals surface area (Å²) in [5.41, 5.74) is 0.456. The van der Waals surface area contributed by atoms with E-state index in [0.717, 1.165) is 6.07 Å². The van der Waals surface area contributed by atoms with Crippen LogP contribution in [0.3, 0.4) is 0 Å². The highest BCUT2D eigenvalue weighted by molar-refractivity contribution is 7.15. The van der Waals surface area contributed by atoms with Crippen molar-refractivity contribution >= 4 is 22.4 Å². The van der Waals surface area contributed by atoms with Crippen molar-refractivity contribution in [3.8, 4) is 5.69 Å². The monoisotopic (exact) mass is 380 g/mol. The van der Waals surface area contributed by atoms with Crippen LogP contribution in [0.4, 0.5) is 18.3 Å². The Morgan fingerprint density at radius 2 is 1.85 bits per heavy atom. The molecule has 3 aromatic rings. The first-order valence-electron chi connectivity index (χ1n) is 7.65. The van der Waals surface area contributed by atoms with Crippen molar-refractivity contribution in [1.82, 2.24) is 14.8 Å². The number of nitrogens with zero attached hydrogens (tertiary/aromatic N) is 3. The van der Waals surface area contributed by atoms with Gasteiger partial charge in [0.15, 0.2) is 0 Å². The number of para-hydroxylation sites is 1. The average Bonchev–Trinajstić information content (AvgIpc) is 3.09. The Morgan fingerprint density at radius 1 is 1.15 bits per heavy atom. The van der Waals surface area contributed by atoms with Crippen LogP contribution in [-0.2, 0) is 6.18 Å². The van der Waals surface area contributed by atoms with Gasteiger partial charge in [-0.15, -0.1) is 10.2 Å². The quantitative estimate of drug-likeness (QED) is 0.727. The molecule has 0 unspecified atom stereocenters. The molecule has 0 aliphatic rings. The normalized spacial score (nSPS) is 11.6. The number of carbonyl (C=O) groups is 1. The van der Waals surface area contributed by atoms with Gasteiger partial charge in [0.1, 0.15) is 5.01 Å². The maximum atomic E-state index is 13.3. The number of rotatable bonds is 3. The number of halogens is 3. The van der Waals surface area contributed by atoms with Crippen LogP contribution >= 0.6 is 11.3 Å². The van der Waals surface area contributed by atoms with E-state index >= 15 is 0 Å². The smallest absolute Gasteiger partial charge is 0.317 e. The van der Waals surface area contributed by atoms with E-state index in [1.54, 1.807) is 26.8 Å². The van der Waals surface area contributed by atoms with E-state index < -0.39 is 17.6 Å². The van der Waals surface area contributed by atoms with Crippen LogP contribution in [-0.4, -0.2) is 20.7 Å². The predicted molar refractivity (Wildman–Crippen MR) is 92.8 cm³/mol. The first kappa shape index (κ1) is 18.1. The fraction of sp³-hybridized carbons (Fsp3) is 0.235. The second-order valence-corrected chi connectivity index (χ2v) is 6.90. The summed E-state index contributed by atoms with van der Waals surface area (Å²) >= 11 is 1.22.